The Balaban J connectivity index is 2.41. The quantitative estimate of drug-likeness (QED) is 0.704. The average molecular weight is 401 g/mol. The van der Waals surface area contributed by atoms with E-state index in [1.54, 1.807) is 6.07 Å². The molecule has 106 valence electrons. The van der Waals surface area contributed by atoms with Crippen LogP contribution >= 0.6 is 31.9 Å². The highest BCUT2D eigenvalue weighted by Gasteiger charge is 2.17. The van der Waals surface area contributed by atoms with Crippen molar-refractivity contribution in [2.45, 2.75) is 19.4 Å². The fourth-order valence-corrected chi connectivity index (χ4v) is 2.85. The van der Waals surface area contributed by atoms with Gasteiger partial charge < -0.3 is 5.32 Å². The van der Waals surface area contributed by atoms with Gasteiger partial charge >= 0.3 is 0 Å². The third kappa shape index (κ3) is 3.68. The van der Waals surface area contributed by atoms with Crippen molar-refractivity contribution in [1.29, 1.82) is 0 Å². The number of rotatable bonds is 5. The first-order valence-electron chi connectivity index (χ1n) is 6.56. The van der Waals surface area contributed by atoms with Crippen molar-refractivity contribution in [3.05, 3.63) is 68.4 Å². The molecule has 0 spiro atoms. The molecule has 0 radical (unpaired) electrons. The highest BCUT2D eigenvalue weighted by molar-refractivity contribution is 9.10. The van der Waals surface area contributed by atoms with Crippen LogP contribution in [0.1, 0.15) is 30.5 Å². The topological polar surface area (TPSA) is 12.0 Å². The van der Waals surface area contributed by atoms with E-state index in [4.69, 9.17) is 0 Å². The van der Waals surface area contributed by atoms with E-state index in [0.29, 0.717) is 4.47 Å². The lowest BCUT2D eigenvalue weighted by Gasteiger charge is -2.21. The number of hydrogen-bond acceptors (Lipinski definition) is 1. The first-order chi connectivity index (χ1) is 9.63. The Morgan fingerprint density at radius 3 is 2.45 bits per heavy atom. The van der Waals surface area contributed by atoms with Crippen LogP contribution in [0.3, 0.4) is 0 Å². The Morgan fingerprint density at radius 1 is 1.10 bits per heavy atom. The number of nitrogens with one attached hydrogen (secondary N) is 1. The summed E-state index contributed by atoms with van der Waals surface area (Å²) in [7, 11) is 0. The van der Waals surface area contributed by atoms with E-state index >= 15 is 0 Å². The molecule has 1 nitrogen and oxygen atoms in total. The summed E-state index contributed by atoms with van der Waals surface area (Å²) in [6.07, 6.45) is 1.03. The summed E-state index contributed by atoms with van der Waals surface area (Å²) < 4.78 is 15.3. The molecule has 0 aliphatic heterocycles. The highest BCUT2D eigenvalue weighted by Crippen LogP contribution is 2.31. The van der Waals surface area contributed by atoms with Gasteiger partial charge in [0.05, 0.1) is 10.5 Å². The molecular weight excluding hydrogens is 385 g/mol. The van der Waals surface area contributed by atoms with E-state index in [2.05, 4.69) is 56.2 Å². The van der Waals surface area contributed by atoms with E-state index in [-0.39, 0.29) is 11.9 Å². The molecule has 0 aliphatic carbocycles. The van der Waals surface area contributed by atoms with Gasteiger partial charge in [0.2, 0.25) is 0 Å². The van der Waals surface area contributed by atoms with Crippen LogP contribution in [0, 0.1) is 5.82 Å². The molecule has 0 saturated carbocycles. The third-order valence-corrected chi connectivity index (χ3v) is 4.46. The first kappa shape index (κ1) is 15.7. The van der Waals surface area contributed by atoms with Gasteiger partial charge in [0, 0.05) is 4.47 Å². The Kier molecular flexibility index (Phi) is 5.75. The summed E-state index contributed by atoms with van der Waals surface area (Å²) in [5.41, 5.74) is 2.04. The molecule has 0 bridgehead atoms. The molecule has 0 saturated heterocycles. The molecule has 0 amide bonds. The monoisotopic (exact) mass is 399 g/mol. The standard InChI is InChI=1S/C16H16Br2FN/c1-2-10-20-16(11-6-8-12(17)9-7-11)13-4-3-5-14(19)15(13)18/h3-9,16,20H,2,10H2,1H3. The van der Waals surface area contributed by atoms with Gasteiger partial charge in [-0.3, -0.25) is 0 Å². The normalized spacial score (nSPS) is 12.4. The van der Waals surface area contributed by atoms with Crippen LogP contribution in [0.25, 0.3) is 0 Å². The van der Waals surface area contributed by atoms with Gasteiger partial charge in [0.15, 0.2) is 0 Å². The first-order valence-corrected chi connectivity index (χ1v) is 8.15. The van der Waals surface area contributed by atoms with Gasteiger partial charge in [-0.1, -0.05) is 47.1 Å². The van der Waals surface area contributed by atoms with Crippen molar-refractivity contribution < 1.29 is 4.39 Å². The van der Waals surface area contributed by atoms with Gasteiger partial charge in [0.25, 0.3) is 0 Å². The molecule has 0 aliphatic rings. The zero-order chi connectivity index (χ0) is 14.5. The van der Waals surface area contributed by atoms with Crippen LogP contribution in [0.5, 0.6) is 0 Å². The molecule has 4 heteroatoms. The maximum atomic E-state index is 13.8. The number of hydrogen-bond donors (Lipinski definition) is 1. The Hall–Kier alpha value is -0.710. The zero-order valence-electron chi connectivity index (χ0n) is 11.2. The number of benzene rings is 2. The van der Waals surface area contributed by atoms with E-state index in [0.717, 1.165) is 28.6 Å². The molecule has 0 fully saturated rings. The van der Waals surface area contributed by atoms with Gasteiger partial charge in [-0.05, 0) is 58.2 Å². The van der Waals surface area contributed by atoms with E-state index < -0.39 is 0 Å². The SMILES string of the molecule is CCCNC(c1ccc(Br)cc1)c1cccc(F)c1Br. The molecule has 0 aromatic heterocycles. The van der Waals surface area contributed by atoms with Crippen molar-refractivity contribution in [2.24, 2.45) is 0 Å². The van der Waals surface area contributed by atoms with Gasteiger partial charge in [-0.15, -0.1) is 0 Å². The Bertz CT molecular complexity index is 569. The van der Waals surface area contributed by atoms with Crippen LogP contribution < -0.4 is 5.32 Å². The predicted octanol–water partition coefficient (Wildman–Crippen LogP) is 5.44. The molecule has 1 N–H and O–H groups in total. The van der Waals surface area contributed by atoms with Crippen LogP contribution in [0.15, 0.2) is 51.4 Å². The van der Waals surface area contributed by atoms with Gasteiger partial charge in [-0.2, -0.15) is 0 Å². The third-order valence-electron chi connectivity index (χ3n) is 3.09. The van der Waals surface area contributed by atoms with Crippen molar-refractivity contribution in [3.8, 4) is 0 Å². The van der Waals surface area contributed by atoms with E-state index in [9.17, 15) is 4.39 Å². The molecule has 1 atom stereocenters. The Morgan fingerprint density at radius 2 is 1.80 bits per heavy atom. The van der Waals surface area contributed by atoms with Gasteiger partial charge in [-0.25, -0.2) is 4.39 Å². The molecule has 2 aromatic carbocycles. The molecule has 2 rings (SSSR count). The van der Waals surface area contributed by atoms with Crippen LogP contribution in [0.2, 0.25) is 0 Å². The summed E-state index contributed by atoms with van der Waals surface area (Å²) >= 11 is 6.80. The van der Waals surface area contributed by atoms with E-state index in [1.165, 1.54) is 6.07 Å². The molecule has 20 heavy (non-hydrogen) atoms. The molecule has 0 heterocycles. The smallest absolute Gasteiger partial charge is 0.137 e. The summed E-state index contributed by atoms with van der Waals surface area (Å²) in [6.45, 7) is 3.00. The summed E-state index contributed by atoms with van der Waals surface area (Å²) in [5.74, 6) is -0.233. The minimum Gasteiger partial charge on any atom is -0.306 e. The summed E-state index contributed by atoms with van der Waals surface area (Å²) in [6, 6.07) is 13.2. The lowest BCUT2D eigenvalue weighted by Crippen LogP contribution is -2.23. The van der Waals surface area contributed by atoms with Crippen LogP contribution in [-0.4, -0.2) is 6.54 Å². The lowest BCUT2D eigenvalue weighted by molar-refractivity contribution is 0.580. The lowest BCUT2D eigenvalue weighted by atomic mass is 9.98. The van der Waals surface area contributed by atoms with E-state index in [1.807, 2.05) is 18.2 Å². The zero-order valence-corrected chi connectivity index (χ0v) is 14.3. The number of halogens is 3. The maximum Gasteiger partial charge on any atom is 0.137 e. The second-order valence-corrected chi connectivity index (χ2v) is 6.29. The predicted molar refractivity (Wildman–Crippen MR) is 88.4 cm³/mol. The van der Waals surface area contributed by atoms with Crippen molar-refractivity contribution in [1.82, 2.24) is 5.32 Å². The fraction of sp³-hybridized carbons (Fsp3) is 0.250. The maximum absolute atomic E-state index is 13.8. The highest BCUT2D eigenvalue weighted by atomic mass is 79.9. The van der Waals surface area contributed by atoms with Crippen LogP contribution in [0.4, 0.5) is 4.39 Å². The average Bonchev–Trinajstić information content (AvgIpc) is 2.45. The molecular formula is C16H16Br2FN. The second-order valence-electron chi connectivity index (χ2n) is 4.58. The van der Waals surface area contributed by atoms with Crippen LogP contribution in [-0.2, 0) is 0 Å². The Labute approximate surface area is 135 Å². The minimum atomic E-state index is -0.233. The second kappa shape index (κ2) is 7.34. The fourth-order valence-electron chi connectivity index (χ4n) is 2.09. The molecule has 1 unspecified atom stereocenters. The largest absolute Gasteiger partial charge is 0.306 e. The van der Waals surface area contributed by atoms with Gasteiger partial charge in [0.1, 0.15) is 5.82 Å². The van der Waals surface area contributed by atoms with Crippen molar-refractivity contribution >= 4 is 31.9 Å². The minimum absolute atomic E-state index is 0.0203. The van der Waals surface area contributed by atoms with Crippen molar-refractivity contribution in [3.63, 3.8) is 0 Å². The van der Waals surface area contributed by atoms with Crippen molar-refractivity contribution in [2.75, 3.05) is 6.54 Å². The summed E-state index contributed by atoms with van der Waals surface area (Å²) in [5, 5.41) is 3.48. The molecule has 2 aromatic rings. The summed E-state index contributed by atoms with van der Waals surface area (Å²) in [4.78, 5) is 0.